The summed E-state index contributed by atoms with van der Waals surface area (Å²) in [6.07, 6.45) is 13.9. The molecular weight excluding hydrogens is 276 g/mol. The maximum atomic E-state index is 10.8. The Balaban J connectivity index is 2.10. The minimum absolute atomic E-state index is 0.0320. The number of rotatable bonds is 12. The van der Waals surface area contributed by atoms with E-state index in [-0.39, 0.29) is 11.4 Å². The molecule has 0 aromatic heterocycles. The first-order chi connectivity index (χ1) is 10.6. The van der Waals surface area contributed by atoms with Crippen molar-refractivity contribution in [3.8, 4) is 0 Å². The summed E-state index contributed by atoms with van der Waals surface area (Å²) in [5, 5.41) is 10.8. The summed E-state index contributed by atoms with van der Waals surface area (Å²) in [5.41, 5.74) is 6.90. The van der Waals surface area contributed by atoms with E-state index < -0.39 is 4.92 Å². The zero-order chi connectivity index (χ0) is 16.2. The molecule has 2 N–H and O–H groups in total. The lowest BCUT2D eigenvalue weighted by atomic mass is 10.0. The van der Waals surface area contributed by atoms with Crippen LogP contribution in [0.4, 0.5) is 11.4 Å². The third-order valence-corrected chi connectivity index (χ3v) is 4.11. The zero-order valence-corrected chi connectivity index (χ0v) is 13.9. The monoisotopic (exact) mass is 306 g/mol. The summed E-state index contributed by atoms with van der Waals surface area (Å²) in [5.74, 6) is 0. The molecule has 124 valence electrons. The van der Waals surface area contributed by atoms with Crippen molar-refractivity contribution in [3.63, 3.8) is 0 Å². The first kappa shape index (κ1) is 18.5. The molecule has 0 fully saturated rings. The normalized spacial score (nSPS) is 10.8. The van der Waals surface area contributed by atoms with E-state index in [1.54, 1.807) is 12.1 Å². The fourth-order valence-corrected chi connectivity index (χ4v) is 2.72. The molecule has 0 aliphatic rings. The third-order valence-electron chi connectivity index (χ3n) is 4.11. The van der Waals surface area contributed by atoms with E-state index in [9.17, 15) is 10.1 Å². The molecule has 0 saturated carbocycles. The molecule has 1 aromatic carbocycles. The maximum Gasteiger partial charge on any atom is 0.292 e. The number of hydrogen-bond acceptors (Lipinski definition) is 3. The maximum absolute atomic E-state index is 10.8. The van der Waals surface area contributed by atoms with Gasteiger partial charge >= 0.3 is 0 Å². The Morgan fingerprint density at radius 3 is 2.05 bits per heavy atom. The van der Waals surface area contributed by atoms with E-state index in [4.69, 9.17) is 5.73 Å². The Hall–Kier alpha value is -1.58. The predicted octanol–water partition coefficient (Wildman–Crippen LogP) is 5.64. The van der Waals surface area contributed by atoms with Gasteiger partial charge in [-0.1, -0.05) is 70.8 Å². The second-order valence-corrected chi connectivity index (χ2v) is 6.08. The number of nitrogens with two attached hydrogens (primary N) is 1. The molecule has 0 amide bonds. The van der Waals surface area contributed by atoms with Crippen molar-refractivity contribution >= 4 is 11.4 Å². The first-order valence-corrected chi connectivity index (χ1v) is 8.68. The second kappa shape index (κ2) is 11.0. The molecule has 0 saturated heterocycles. The van der Waals surface area contributed by atoms with Crippen LogP contribution in [0.5, 0.6) is 0 Å². The Bertz CT molecular complexity index is 447. The fraction of sp³-hybridized carbons (Fsp3) is 0.667. The van der Waals surface area contributed by atoms with Gasteiger partial charge in [0.25, 0.3) is 5.69 Å². The molecule has 1 rings (SSSR count). The minimum atomic E-state index is -0.405. The largest absolute Gasteiger partial charge is 0.393 e. The molecule has 0 aliphatic heterocycles. The van der Waals surface area contributed by atoms with Crippen LogP contribution in [0, 0.1) is 10.1 Å². The average molecular weight is 306 g/mol. The lowest BCUT2D eigenvalue weighted by Crippen LogP contribution is -1.97. The Labute approximate surface area is 134 Å². The highest BCUT2D eigenvalue weighted by Gasteiger charge is 2.11. The number of aryl methyl sites for hydroxylation is 1. The Kier molecular flexibility index (Phi) is 9.28. The standard InChI is InChI=1S/C18H30N2O2/c1-2-3-4-5-6-7-8-9-10-11-12-16-13-14-17(19)18(15-16)20(21)22/h13-15H,2-12,19H2,1H3. The van der Waals surface area contributed by atoms with Crippen molar-refractivity contribution < 1.29 is 4.92 Å². The molecule has 22 heavy (non-hydrogen) atoms. The fourth-order valence-electron chi connectivity index (χ4n) is 2.72. The second-order valence-electron chi connectivity index (χ2n) is 6.08. The molecule has 0 bridgehead atoms. The van der Waals surface area contributed by atoms with Gasteiger partial charge in [0.1, 0.15) is 5.69 Å². The third kappa shape index (κ3) is 7.43. The molecule has 1 aromatic rings. The van der Waals surface area contributed by atoms with Crippen molar-refractivity contribution in [1.29, 1.82) is 0 Å². The lowest BCUT2D eigenvalue weighted by molar-refractivity contribution is -0.384. The number of benzene rings is 1. The average Bonchev–Trinajstić information content (AvgIpc) is 2.50. The van der Waals surface area contributed by atoms with Gasteiger partial charge in [0.05, 0.1) is 4.92 Å². The van der Waals surface area contributed by atoms with Crippen molar-refractivity contribution in [3.05, 3.63) is 33.9 Å². The number of nitro groups is 1. The number of nitrogen functional groups attached to an aromatic ring is 1. The van der Waals surface area contributed by atoms with Gasteiger partial charge in [-0.15, -0.1) is 0 Å². The molecule has 0 atom stereocenters. The van der Waals surface area contributed by atoms with Gasteiger partial charge in [-0.2, -0.15) is 0 Å². The van der Waals surface area contributed by atoms with Crippen LogP contribution in [0.3, 0.4) is 0 Å². The van der Waals surface area contributed by atoms with E-state index in [0.717, 1.165) is 18.4 Å². The molecule has 0 spiro atoms. The zero-order valence-electron chi connectivity index (χ0n) is 13.9. The van der Waals surface area contributed by atoms with Gasteiger partial charge in [-0.3, -0.25) is 10.1 Å². The Morgan fingerprint density at radius 2 is 1.50 bits per heavy atom. The van der Waals surface area contributed by atoms with Crippen molar-refractivity contribution in [2.45, 2.75) is 77.6 Å². The van der Waals surface area contributed by atoms with Gasteiger partial charge in [0.2, 0.25) is 0 Å². The van der Waals surface area contributed by atoms with Crippen LogP contribution in [0.15, 0.2) is 18.2 Å². The molecule has 4 nitrogen and oxygen atoms in total. The Morgan fingerprint density at radius 1 is 0.955 bits per heavy atom. The summed E-state index contributed by atoms with van der Waals surface area (Å²) in [7, 11) is 0. The van der Waals surface area contributed by atoms with Crippen LogP contribution < -0.4 is 5.73 Å². The van der Waals surface area contributed by atoms with Crippen LogP contribution in [0.25, 0.3) is 0 Å². The molecule has 0 aliphatic carbocycles. The SMILES string of the molecule is CCCCCCCCCCCCc1ccc(N)c([N+](=O)[O-])c1. The molecule has 0 heterocycles. The van der Waals surface area contributed by atoms with Gasteiger partial charge in [0, 0.05) is 6.07 Å². The molecule has 0 radical (unpaired) electrons. The van der Waals surface area contributed by atoms with E-state index in [2.05, 4.69) is 6.92 Å². The van der Waals surface area contributed by atoms with E-state index >= 15 is 0 Å². The van der Waals surface area contributed by atoms with E-state index in [1.807, 2.05) is 6.07 Å². The lowest BCUT2D eigenvalue weighted by Gasteiger charge is -2.04. The highest BCUT2D eigenvalue weighted by atomic mass is 16.6. The van der Waals surface area contributed by atoms with E-state index in [1.165, 1.54) is 57.8 Å². The van der Waals surface area contributed by atoms with Crippen LogP contribution >= 0.6 is 0 Å². The van der Waals surface area contributed by atoms with Crippen molar-refractivity contribution in [2.24, 2.45) is 0 Å². The van der Waals surface area contributed by atoms with Crippen molar-refractivity contribution in [2.75, 3.05) is 5.73 Å². The van der Waals surface area contributed by atoms with Gasteiger partial charge < -0.3 is 5.73 Å². The van der Waals surface area contributed by atoms with Crippen LogP contribution in [-0.2, 0) is 6.42 Å². The summed E-state index contributed by atoms with van der Waals surface area (Å²) >= 11 is 0. The predicted molar refractivity (Wildman–Crippen MR) is 93.1 cm³/mol. The number of unbranched alkanes of at least 4 members (excludes halogenated alkanes) is 9. The number of anilines is 1. The van der Waals surface area contributed by atoms with Gasteiger partial charge in [-0.25, -0.2) is 0 Å². The highest BCUT2D eigenvalue weighted by Crippen LogP contribution is 2.23. The minimum Gasteiger partial charge on any atom is -0.393 e. The van der Waals surface area contributed by atoms with Crippen LogP contribution in [0.2, 0.25) is 0 Å². The topological polar surface area (TPSA) is 69.2 Å². The highest BCUT2D eigenvalue weighted by molar-refractivity contribution is 5.59. The number of hydrogen-bond donors (Lipinski definition) is 1. The number of nitrogens with zero attached hydrogens (tertiary/aromatic N) is 1. The smallest absolute Gasteiger partial charge is 0.292 e. The first-order valence-electron chi connectivity index (χ1n) is 8.68. The summed E-state index contributed by atoms with van der Waals surface area (Å²) < 4.78 is 0. The van der Waals surface area contributed by atoms with Crippen molar-refractivity contribution in [1.82, 2.24) is 0 Å². The van der Waals surface area contributed by atoms with Gasteiger partial charge in [0.15, 0.2) is 0 Å². The van der Waals surface area contributed by atoms with Crippen LogP contribution in [0.1, 0.15) is 76.7 Å². The quantitative estimate of drug-likeness (QED) is 0.235. The molecule has 4 heteroatoms. The summed E-state index contributed by atoms with van der Waals surface area (Å²) in [6, 6.07) is 5.16. The number of nitro benzene ring substituents is 1. The van der Waals surface area contributed by atoms with Crippen LogP contribution in [-0.4, -0.2) is 4.92 Å². The van der Waals surface area contributed by atoms with Gasteiger partial charge in [-0.05, 0) is 24.5 Å². The molecule has 0 unspecified atom stereocenters. The molecular formula is C18H30N2O2. The van der Waals surface area contributed by atoms with E-state index in [0.29, 0.717) is 0 Å². The summed E-state index contributed by atoms with van der Waals surface area (Å²) in [4.78, 5) is 10.4. The summed E-state index contributed by atoms with van der Waals surface area (Å²) in [6.45, 7) is 2.25.